The molecule has 4 heteroatoms. The second-order valence-electron chi connectivity index (χ2n) is 4.42. The predicted octanol–water partition coefficient (Wildman–Crippen LogP) is -0.0868. The van der Waals surface area contributed by atoms with Crippen molar-refractivity contribution in [3.8, 4) is 0 Å². The summed E-state index contributed by atoms with van der Waals surface area (Å²) in [7, 11) is 0. The molecule has 0 spiro atoms. The molecule has 3 heterocycles. The van der Waals surface area contributed by atoms with Crippen LogP contribution >= 0.6 is 0 Å². The molecule has 0 saturated carbocycles. The van der Waals surface area contributed by atoms with E-state index in [-0.39, 0.29) is 6.17 Å². The van der Waals surface area contributed by atoms with Crippen molar-refractivity contribution in [1.29, 1.82) is 0 Å². The molecule has 1 aromatic heterocycles. The van der Waals surface area contributed by atoms with E-state index in [4.69, 9.17) is 4.74 Å². The van der Waals surface area contributed by atoms with Crippen molar-refractivity contribution < 1.29 is 4.74 Å². The molecule has 3 rings (SSSR count). The Bertz CT molecular complexity index is 459. The Morgan fingerprint density at radius 1 is 1.38 bits per heavy atom. The van der Waals surface area contributed by atoms with Crippen molar-refractivity contribution >= 4 is 6.08 Å². The van der Waals surface area contributed by atoms with E-state index in [2.05, 4.69) is 27.4 Å². The fourth-order valence-electron chi connectivity index (χ4n) is 2.34. The van der Waals surface area contributed by atoms with Crippen LogP contribution in [0, 0.1) is 0 Å². The van der Waals surface area contributed by atoms with Crippen LogP contribution in [0.5, 0.6) is 0 Å². The summed E-state index contributed by atoms with van der Waals surface area (Å²) >= 11 is 0. The Morgan fingerprint density at radius 2 is 2.25 bits per heavy atom. The number of fused-ring (bicyclic) bond motifs is 1. The number of rotatable bonds is 2. The van der Waals surface area contributed by atoms with Gasteiger partial charge in [0.2, 0.25) is 0 Å². The van der Waals surface area contributed by atoms with E-state index in [0.29, 0.717) is 6.04 Å². The van der Waals surface area contributed by atoms with E-state index in [1.807, 2.05) is 6.20 Å². The topological polar surface area (TPSA) is 49.4 Å². The summed E-state index contributed by atoms with van der Waals surface area (Å²) < 4.78 is 5.35. The van der Waals surface area contributed by atoms with Crippen LogP contribution in [0.1, 0.15) is 19.3 Å². The summed E-state index contributed by atoms with van der Waals surface area (Å²) in [6.07, 6.45) is 7.61. The first-order valence-corrected chi connectivity index (χ1v) is 5.97. The third-order valence-electron chi connectivity index (χ3n) is 3.25. The maximum atomic E-state index is 5.35. The zero-order valence-corrected chi connectivity index (χ0v) is 9.28. The van der Waals surface area contributed by atoms with Gasteiger partial charge in [0, 0.05) is 37.1 Å². The predicted molar refractivity (Wildman–Crippen MR) is 61.4 cm³/mol. The molecule has 16 heavy (non-hydrogen) atoms. The molecule has 0 aromatic carbocycles. The van der Waals surface area contributed by atoms with E-state index < -0.39 is 0 Å². The molecule has 86 valence electrons. The van der Waals surface area contributed by atoms with Gasteiger partial charge in [0.15, 0.2) is 0 Å². The van der Waals surface area contributed by atoms with Crippen molar-refractivity contribution in [1.82, 2.24) is 10.3 Å². The van der Waals surface area contributed by atoms with Crippen LogP contribution in [0.15, 0.2) is 17.3 Å². The number of aromatic amines is 1. The molecule has 1 unspecified atom stereocenters. The van der Waals surface area contributed by atoms with Gasteiger partial charge in [-0.05, 0) is 18.9 Å². The lowest BCUT2D eigenvalue weighted by atomic mass is 10.1. The minimum absolute atomic E-state index is 0.231. The highest BCUT2D eigenvalue weighted by molar-refractivity contribution is 5.24. The van der Waals surface area contributed by atoms with Crippen molar-refractivity contribution in [2.45, 2.75) is 31.5 Å². The van der Waals surface area contributed by atoms with Gasteiger partial charge < -0.3 is 9.72 Å². The van der Waals surface area contributed by atoms with Gasteiger partial charge in [-0.3, -0.25) is 5.32 Å². The molecule has 0 aliphatic carbocycles. The standard InChI is InChI=1S/C12H17N3O/c1-2-11(14-10-4-7-16-8-5-10)15-12-9(1)3-6-13-12/h1,3,6,10-11,14H,2,4-5,7-8H2,(H,13,15). The molecule has 4 nitrogen and oxygen atoms in total. The highest BCUT2D eigenvalue weighted by Gasteiger charge is 2.18. The fourth-order valence-corrected chi connectivity index (χ4v) is 2.34. The molecule has 2 N–H and O–H groups in total. The summed E-state index contributed by atoms with van der Waals surface area (Å²) in [4.78, 5) is 7.82. The molecular weight excluding hydrogens is 202 g/mol. The summed E-state index contributed by atoms with van der Waals surface area (Å²) in [5.41, 5.74) is 1.01. The van der Waals surface area contributed by atoms with Crippen LogP contribution in [0.3, 0.4) is 0 Å². The Labute approximate surface area is 94.4 Å². The third kappa shape index (κ3) is 2.03. The number of hydrogen-bond acceptors (Lipinski definition) is 3. The first kappa shape index (κ1) is 10.1. The second-order valence-corrected chi connectivity index (χ2v) is 4.42. The average molecular weight is 219 g/mol. The first-order valence-electron chi connectivity index (χ1n) is 5.97. The van der Waals surface area contributed by atoms with Crippen LogP contribution in [0.4, 0.5) is 0 Å². The van der Waals surface area contributed by atoms with E-state index >= 15 is 0 Å². The summed E-state index contributed by atoms with van der Waals surface area (Å²) in [6.45, 7) is 1.75. The molecule has 0 amide bonds. The largest absolute Gasteiger partial charge is 0.381 e. The Balaban J connectivity index is 1.69. The zero-order chi connectivity index (χ0) is 10.8. The first-order chi connectivity index (χ1) is 7.92. The van der Waals surface area contributed by atoms with E-state index in [1.165, 1.54) is 5.22 Å². The number of aromatic nitrogens is 1. The lowest BCUT2D eigenvalue weighted by molar-refractivity contribution is 0.0751. The lowest BCUT2D eigenvalue weighted by Crippen LogP contribution is -2.44. The van der Waals surface area contributed by atoms with Crippen molar-refractivity contribution in [3.63, 3.8) is 0 Å². The van der Waals surface area contributed by atoms with Crippen molar-refractivity contribution in [3.05, 3.63) is 23.0 Å². The number of hydrogen-bond donors (Lipinski definition) is 2. The van der Waals surface area contributed by atoms with E-state index in [9.17, 15) is 0 Å². The van der Waals surface area contributed by atoms with Crippen LogP contribution in [-0.4, -0.2) is 30.4 Å². The van der Waals surface area contributed by atoms with Gasteiger partial charge in [-0.2, -0.15) is 0 Å². The van der Waals surface area contributed by atoms with Crippen LogP contribution in [0.25, 0.3) is 6.08 Å². The molecular formula is C12H17N3O. The molecule has 0 bridgehead atoms. The van der Waals surface area contributed by atoms with Gasteiger partial charge in [0.05, 0.1) is 0 Å². The Kier molecular flexibility index (Phi) is 2.76. The highest BCUT2D eigenvalue weighted by atomic mass is 16.5. The average Bonchev–Trinajstić information content (AvgIpc) is 2.77. The number of nitrogens with one attached hydrogen (secondary N) is 2. The van der Waals surface area contributed by atoms with Crippen LogP contribution in [0.2, 0.25) is 0 Å². The van der Waals surface area contributed by atoms with Crippen molar-refractivity contribution in [2.24, 2.45) is 4.99 Å². The summed E-state index contributed by atoms with van der Waals surface area (Å²) in [5.74, 6) is 0. The summed E-state index contributed by atoms with van der Waals surface area (Å²) in [6, 6.07) is 2.64. The number of ether oxygens (including phenoxy) is 1. The molecule has 1 saturated heterocycles. The normalized spacial score (nSPS) is 25.6. The number of H-pyrrole nitrogens is 1. The Hall–Kier alpha value is -1.13. The quantitative estimate of drug-likeness (QED) is 0.730. The van der Waals surface area contributed by atoms with Gasteiger partial charge in [0.25, 0.3) is 0 Å². The molecule has 1 fully saturated rings. The van der Waals surface area contributed by atoms with Gasteiger partial charge in [-0.25, -0.2) is 4.99 Å². The minimum atomic E-state index is 0.231. The lowest BCUT2D eigenvalue weighted by Gasteiger charge is -2.26. The van der Waals surface area contributed by atoms with Gasteiger partial charge in [-0.1, -0.05) is 6.08 Å². The Morgan fingerprint density at radius 3 is 3.12 bits per heavy atom. The van der Waals surface area contributed by atoms with Crippen molar-refractivity contribution in [2.75, 3.05) is 13.2 Å². The van der Waals surface area contributed by atoms with Gasteiger partial charge in [-0.15, -0.1) is 0 Å². The van der Waals surface area contributed by atoms with E-state index in [1.54, 1.807) is 0 Å². The molecule has 2 aliphatic heterocycles. The molecule has 1 aromatic rings. The van der Waals surface area contributed by atoms with Gasteiger partial charge >= 0.3 is 0 Å². The molecule has 1 atom stereocenters. The smallest absolute Gasteiger partial charge is 0.133 e. The van der Waals surface area contributed by atoms with Crippen LogP contribution < -0.4 is 16.0 Å². The maximum absolute atomic E-state index is 5.35. The molecule has 2 aliphatic rings. The van der Waals surface area contributed by atoms with Crippen LogP contribution in [-0.2, 0) is 4.74 Å². The third-order valence-corrected chi connectivity index (χ3v) is 3.25. The summed E-state index contributed by atoms with van der Waals surface area (Å²) in [5, 5.41) is 4.82. The fraction of sp³-hybridized carbons (Fsp3) is 0.583. The minimum Gasteiger partial charge on any atom is -0.381 e. The highest BCUT2D eigenvalue weighted by Crippen LogP contribution is 2.09. The number of nitrogens with zero attached hydrogens (tertiary/aromatic N) is 1. The SMILES string of the molecule is C1=c2cc[nH]c2=NC(NC2CCOCC2)C1. The van der Waals surface area contributed by atoms with E-state index in [0.717, 1.165) is 38.0 Å². The maximum Gasteiger partial charge on any atom is 0.133 e. The molecule has 0 radical (unpaired) electrons. The monoisotopic (exact) mass is 219 g/mol. The zero-order valence-electron chi connectivity index (χ0n) is 9.28. The van der Waals surface area contributed by atoms with Gasteiger partial charge in [0.1, 0.15) is 11.7 Å². The second kappa shape index (κ2) is 4.39.